The van der Waals surface area contributed by atoms with Gasteiger partial charge in [0.15, 0.2) is 0 Å². The molecule has 0 aromatic carbocycles. The van der Waals surface area contributed by atoms with Gasteiger partial charge in [-0.05, 0) is 34.5 Å². The average Bonchev–Trinajstić information content (AvgIpc) is 2.19. The first kappa shape index (κ1) is 14.2. The highest BCUT2D eigenvalue weighted by atomic mass is 79.9. The molecule has 0 saturated heterocycles. The average molecular weight is 312 g/mol. The second-order valence-corrected chi connectivity index (χ2v) is 4.38. The summed E-state index contributed by atoms with van der Waals surface area (Å²) < 4.78 is 37.8. The molecule has 1 aromatic rings. The SMILES string of the molecule is Cc1ccnc(N(CCN)CC(F)(F)F)c1Br. The third kappa shape index (κ3) is 4.16. The van der Waals surface area contributed by atoms with Crippen molar-refractivity contribution >= 4 is 21.7 Å². The van der Waals surface area contributed by atoms with Crippen molar-refractivity contribution in [3.63, 3.8) is 0 Å². The van der Waals surface area contributed by atoms with Crippen LogP contribution in [-0.4, -0.2) is 30.8 Å². The molecule has 0 amide bonds. The molecular formula is C10H13BrF3N3. The maximum atomic E-state index is 12.4. The maximum Gasteiger partial charge on any atom is 0.405 e. The minimum Gasteiger partial charge on any atom is -0.345 e. The molecule has 0 aliphatic carbocycles. The van der Waals surface area contributed by atoms with Crippen LogP contribution in [0.3, 0.4) is 0 Å². The summed E-state index contributed by atoms with van der Waals surface area (Å²) in [5.74, 6) is 0.271. The van der Waals surface area contributed by atoms with Gasteiger partial charge in [-0.1, -0.05) is 0 Å². The van der Waals surface area contributed by atoms with Gasteiger partial charge >= 0.3 is 6.18 Å². The highest BCUT2D eigenvalue weighted by Gasteiger charge is 2.31. The van der Waals surface area contributed by atoms with E-state index in [1.54, 1.807) is 13.0 Å². The van der Waals surface area contributed by atoms with Crippen molar-refractivity contribution in [3.8, 4) is 0 Å². The fourth-order valence-electron chi connectivity index (χ4n) is 1.38. The summed E-state index contributed by atoms with van der Waals surface area (Å²) in [6.45, 7) is 0.982. The van der Waals surface area contributed by atoms with E-state index in [2.05, 4.69) is 20.9 Å². The van der Waals surface area contributed by atoms with Crippen LogP contribution < -0.4 is 10.6 Å². The number of aromatic nitrogens is 1. The molecule has 1 aromatic heterocycles. The maximum absolute atomic E-state index is 12.4. The van der Waals surface area contributed by atoms with Crippen LogP contribution in [0.1, 0.15) is 5.56 Å². The Hall–Kier alpha value is -0.820. The summed E-state index contributed by atoms with van der Waals surface area (Å²) in [5.41, 5.74) is 6.15. The smallest absolute Gasteiger partial charge is 0.345 e. The Kier molecular flexibility index (Phi) is 4.76. The molecule has 17 heavy (non-hydrogen) atoms. The summed E-state index contributed by atoms with van der Waals surface area (Å²) in [6.07, 6.45) is -2.80. The Morgan fingerprint density at radius 3 is 2.65 bits per heavy atom. The fraction of sp³-hybridized carbons (Fsp3) is 0.500. The molecule has 0 atom stereocenters. The van der Waals surface area contributed by atoms with Crippen LogP contribution in [0.2, 0.25) is 0 Å². The van der Waals surface area contributed by atoms with Crippen molar-refractivity contribution in [1.82, 2.24) is 4.98 Å². The first-order valence-corrected chi connectivity index (χ1v) is 5.77. The molecule has 96 valence electrons. The van der Waals surface area contributed by atoms with E-state index in [9.17, 15) is 13.2 Å². The fourth-order valence-corrected chi connectivity index (χ4v) is 1.86. The molecule has 7 heteroatoms. The number of hydrogen-bond donors (Lipinski definition) is 1. The second-order valence-electron chi connectivity index (χ2n) is 3.59. The lowest BCUT2D eigenvalue weighted by atomic mass is 10.3. The topological polar surface area (TPSA) is 42.2 Å². The minimum absolute atomic E-state index is 0.106. The van der Waals surface area contributed by atoms with Crippen LogP contribution in [0.4, 0.5) is 19.0 Å². The number of hydrogen-bond acceptors (Lipinski definition) is 3. The third-order valence-electron chi connectivity index (χ3n) is 2.13. The Bertz CT molecular complexity index is 382. The van der Waals surface area contributed by atoms with Gasteiger partial charge in [-0.25, -0.2) is 4.98 Å². The lowest BCUT2D eigenvalue weighted by Gasteiger charge is -2.25. The van der Waals surface area contributed by atoms with E-state index in [1.807, 2.05) is 0 Å². The second kappa shape index (κ2) is 5.68. The molecule has 0 radical (unpaired) electrons. The number of rotatable bonds is 4. The summed E-state index contributed by atoms with van der Waals surface area (Å²) in [6, 6.07) is 1.72. The molecule has 0 aliphatic rings. The van der Waals surface area contributed by atoms with Crippen LogP contribution in [-0.2, 0) is 0 Å². The number of nitrogens with two attached hydrogens (primary N) is 1. The van der Waals surface area contributed by atoms with Gasteiger partial charge in [-0.2, -0.15) is 13.2 Å². The van der Waals surface area contributed by atoms with Crippen LogP contribution in [0.25, 0.3) is 0 Å². The molecule has 0 bridgehead atoms. The first-order chi connectivity index (χ1) is 7.85. The zero-order valence-corrected chi connectivity index (χ0v) is 10.8. The standard InChI is InChI=1S/C10H13BrF3N3/c1-7-2-4-16-9(8(7)11)17(5-3-15)6-10(12,13)14/h2,4H,3,5-6,15H2,1H3. The number of aryl methyl sites for hydroxylation is 1. The van der Waals surface area contributed by atoms with Gasteiger partial charge in [0, 0.05) is 19.3 Å². The monoisotopic (exact) mass is 311 g/mol. The van der Waals surface area contributed by atoms with E-state index < -0.39 is 12.7 Å². The highest BCUT2D eigenvalue weighted by molar-refractivity contribution is 9.10. The van der Waals surface area contributed by atoms with E-state index in [1.165, 1.54) is 6.20 Å². The summed E-state index contributed by atoms with van der Waals surface area (Å²) in [4.78, 5) is 5.09. The number of alkyl halides is 3. The minimum atomic E-state index is -4.28. The van der Waals surface area contributed by atoms with Crippen molar-refractivity contribution in [1.29, 1.82) is 0 Å². The van der Waals surface area contributed by atoms with Crippen LogP contribution in [0, 0.1) is 6.92 Å². The Morgan fingerprint density at radius 2 is 2.12 bits per heavy atom. The Balaban J connectivity index is 3.01. The highest BCUT2D eigenvalue weighted by Crippen LogP contribution is 2.29. The molecule has 1 heterocycles. The summed E-state index contributed by atoms with van der Waals surface area (Å²) in [5, 5.41) is 0. The Labute approximate surface area is 106 Å². The lowest BCUT2D eigenvalue weighted by molar-refractivity contribution is -0.119. The van der Waals surface area contributed by atoms with Gasteiger partial charge in [-0.15, -0.1) is 0 Å². The molecule has 3 nitrogen and oxygen atoms in total. The number of nitrogens with zero attached hydrogens (tertiary/aromatic N) is 2. The molecule has 2 N–H and O–H groups in total. The van der Waals surface area contributed by atoms with Gasteiger partial charge in [-0.3, -0.25) is 0 Å². The molecule has 0 fully saturated rings. The van der Waals surface area contributed by atoms with Crippen molar-refractivity contribution in [2.24, 2.45) is 5.73 Å². The molecular weight excluding hydrogens is 299 g/mol. The largest absolute Gasteiger partial charge is 0.405 e. The van der Waals surface area contributed by atoms with Crippen LogP contribution >= 0.6 is 15.9 Å². The summed E-state index contributed by atoms with van der Waals surface area (Å²) >= 11 is 3.25. The van der Waals surface area contributed by atoms with Gasteiger partial charge < -0.3 is 10.6 Å². The molecule has 0 aliphatic heterocycles. The first-order valence-electron chi connectivity index (χ1n) is 4.98. The van der Waals surface area contributed by atoms with E-state index >= 15 is 0 Å². The normalized spacial score (nSPS) is 11.6. The van der Waals surface area contributed by atoms with E-state index in [4.69, 9.17) is 5.73 Å². The lowest BCUT2D eigenvalue weighted by Crippen LogP contribution is -2.38. The number of pyridine rings is 1. The Morgan fingerprint density at radius 1 is 1.47 bits per heavy atom. The van der Waals surface area contributed by atoms with E-state index in [0.717, 1.165) is 10.5 Å². The third-order valence-corrected chi connectivity index (χ3v) is 3.11. The number of anilines is 1. The zero-order valence-electron chi connectivity index (χ0n) is 9.26. The van der Waals surface area contributed by atoms with Crippen LogP contribution in [0.5, 0.6) is 0 Å². The van der Waals surface area contributed by atoms with E-state index in [0.29, 0.717) is 4.47 Å². The van der Waals surface area contributed by atoms with Gasteiger partial charge in [0.05, 0.1) is 4.47 Å². The molecule has 0 spiro atoms. The van der Waals surface area contributed by atoms with Gasteiger partial charge in [0.25, 0.3) is 0 Å². The van der Waals surface area contributed by atoms with Crippen molar-refractivity contribution in [3.05, 3.63) is 22.3 Å². The van der Waals surface area contributed by atoms with Gasteiger partial charge in [0.1, 0.15) is 12.4 Å². The quantitative estimate of drug-likeness (QED) is 0.929. The molecule has 0 unspecified atom stereocenters. The predicted octanol–water partition coefficient (Wildman–Crippen LogP) is 2.48. The van der Waals surface area contributed by atoms with Crippen molar-refractivity contribution in [2.75, 3.05) is 24.5 Å². The molecule has 0 saturated carbocycles. The molecule has 1 rings (SSSR count). The number of halogens is 4. The van der Waals surface area contributed by atoms with Gasteiger partial charge in [0.2, 0.25) is 0 Å². The zero-order chi connectivity index (χ0) is 13.1. The van der Waals surface area contributed by atoms with E-state index in [-0.39, 0.29) is 18.9 Å². The van der Waals surface area contributed by atoms with Crippen LogP contribution in [0.15, 0.2) is 16.7 Å². The van der Waals surface area contributed by atoms with Crippen molar-refractivity contribution < 1.29 is 13.2 Å². The summed E-state index contributed by atoms with van der Waals surface area (Å²) in [7, 11) is 0. The van der Waals surface area contributed by atoms with Crippen molar-refractivity contribution in [2.45, 2.75) is 13.1 Å². The predicted molar refractivity (Wildman–Crippen MR) is 64.0 cm³/mol.